The van der Waals surface area contributed by atoms with Crippen LogP contribution in [0.4, 0.5) is 10.3 Å². The molecule has 6 nitrogen and oxygen atoms in total. The summed E-state index contributed by atoms with van der Waals surface area (Å²) in [7, 11) is 0. The predicted molar refractivity (Wildman–Crippen MR) is 103 cm³/mol. The van der Waals surface area contributed by atoms with Crippen LogP contribution < -0.4 is 10.9 Å². The van der Waals surface area contributed by atoms with Gasteiger partial charge in [-0.25, -0.2) is 9.07 Å². The number of H-pyrrole nitrogens is 1. The summed E-state index contributed by atoms with van der Waals surface area (Å²) in [6.45, 7) is 6.72. The van der Waals surface area contributed by atoms with Crippen LogP contribution in [-0.2, 0) is 5.54 Å². The summed E-state index contributed by atoms with van der Waals surface area (Å²) in [4.78, 5) is 20.5. The molecule has 2 heterocycles. The molecule has 2 aromatic heterocycles. The maximum absolute atomic E-state index is 12.9. The molecule has 0 saturated carbocycles. The van der Waals surface area contributed by atoms with Crippen LogP contribution in [0.25, 0.3) is 11.0 Å². The van der Waals surface area contributed by atoms with Crippen molar-refractivity contribution in [3.63, 3.8) is 0 Å². The second-order valence-electron chi connectivity index (χ2n) is 6.96. The molecular formula is C18H22FN5OS. The van der Waals surface area contributed by atoms with Gasteiger partial charge in [-0.05, 0) is 57.2 Å². The summed E-state index contributed by atoms with van der Waals surface area (Å²) >= 11 is 1.66. The number of fused-ring (bicyclic) bond motifs is 1. The summed E-state index contributed by atoms with van der Waals surface area (Å²) in [5, 5.41) is 7.94. The largest absolute Gasteiger partial charge is 0.356 e. The Morgan fingerprint density at radius 3 is 2.69 bits per heavy atom. The van der Waals surface area contributed by atoms with Crippen molar-refractivity contribution in [2.75, 3.05) is 17.6 Å². The molecule has 138 valence electrons. The van der Waals surface area contributed by atoms with Gasteiger partial charge in [-0.1, -0.05) is 0 Å². The molecule has 0 radical (unpaired) electrons. The number of benzene rings is 1. The molecular weight excluding hydrogens is 353 g/mol. The van der Waals surface area contributed by atoms with Crippen molar-refractivity contribution in [3.8, 4) is 0 Å². The molecule has 3 rings (SSSR count). The van der Waals surface area contributed by atoms with Crippen molar-refractivity contribution in [2.45, 2.75) is 37.6 Å². The van der Waals surface area contributed by atoms with Crippen LogP contribution in [0, 0.1) is 5.82 Å². The van der Waals surface area contributed by atoms with Crippen molar-refractivity contribution in [1.29, 1.82) is 0 Å². The van der Waals surface area contributed by atoms with Crippen molar-refractivity contribution >= 4 is 28.7 Å². The van der Waals surface area contributed by atoms with E-state index in [0.717, 1.165) is 17.1 Å². The Labute approximate surface area is 155 Å². The Kier molecular flexibility index (Phi) is 5.31. The highest BCUT2D eigenvalue weighted by molar-refractivity contribution is 7.99. The quantitative estimate of drug-likeness (QED) is 0.508. The minimum absolute atomic E-state index is 0.200. The summed E-state index contributed by atoms with van der Waals surface area (Å²) in [6.07, 6.45) is 2.43. The number of anilines is 1. The number of aromatic nitrogens is 4. The molecule has 0 unspecified atom stereocenters. The van der Waals surface area contributed by atoms with Crippen LogP contribution in [0.15, 0.2) is 40.2 Å². The zero-order valence-corrected chi connectivity index (χ0v) is 15.9. The number of hydrogen-bond acceptors (Lipinski definition) is 5. The van der Waals surface area contributed by atoms with Gasteiger partial charge >= 0.3 is 0 Å². The average Bonchev–Trinajstić information content (AvgIpc) is 3.01. The average molecular weight is 375 g/mol. The van der Waals surface area contributed by atoms with Gasteiger partial charge in [0.05, 0.1) is 11.7 Å². The maximum atomic E-state index is 12.9. The highest BCUT2D eigenvalue weighted by Crippen LogP contribution is 2.20. The molecule has 26 heavy (non-hydrogen) atoms. The number of nitrogens with zero attached hydrogens (tertiary/aromatic N) is 3. The number of aromatic amines is 1. The van der Waals surface area contributed by atoms with Gasteiger partial charge in [-0.15, -0.1) is 11.8 Å². The van der Waals surface area contributed by atoms with Gasteiger partial charge in [-0.3, -0.25) is 9.78 Å². The molecule has 0 aliphatic heterocycles. The van der Waals surface area contributed by atoms with Crippen molar-refractivity contribution in [1.82, 2.24) is 19.7 Å². The number of rotatable bonds is 6. The van der Waals surface area contributed by atoms with Gasteiger partial charge in [-0.2, -0.15) is 10.1 Å². The second kappa shape index (κ2) is 7.49. The molecule has 0 saturated heterocycles. The van der Waals surface area contributed by atoms with Crippen molar-refractivity contribution < 1.29 is 4.39 Å². The van der Waals surface area contributed by atoms with E-state index in [1.54, 1.807) is 34.8 Å². The Balaban J connectivity index is 1.60. The van der Waals surface area contributed by atoms with Crippen molar-refractivity contribution in [3.05, 3.63) is 46.6 Å². The lowest BCUT2D eigenvalue weighted by molar-refractivity contribution is 0.366. The highest BCUT2D eigenvalue weighted by atomic mass is 32.2. The fourth-order valence-corrected chi connectivity index (χ4v) is 3.35. The fraction of sp³-hybridized carbons (Fsp3) is 0.389. The fourth-order valence-electron chi connectivity index (χ4n) is 2.49. The van der Waals surface area contributed by atoms with E-state index in [1.165, 1.54) is 12.1 Å². The lowest BCUT2D eigenvalue weighted by atomic mass is 10.1. The van der Waals surface area contributed by atoms with E-state index >= 15 is 0 Å². The first-order chi connectivity index (χ1) is 12.3. The van der Waals surface area contributed by atoms with E-state index in [0.29, 0.717) is 23.5 Å². The van der Waals surface area contributed by atoms with Gasteiger partial charge in [0.2, 0.25) is 5.95 Å². The van der Waals surface area contributed by atoms with Crippen LogP contribution >= 0.6 is 11.8 Å². The summed E-state index contributed by atoms with van der Waals surface area (Å²) in [6, 6.07) is 6.47. The van der Waals surface area contributed by atoms with Gasteiger partial charge in [0.1, 0.15) is 11.2 Å². The second-order valence-corrected chi connectivity index (χ2v) is 8.13. The van der Waals surface area contributed by atoms with Crippen LogP contribution in [-0.4, -0.2) is 32.0 Å². The first kappa shape index (κ1) is 18.4. The summed E-state index contributed by atoms with van der Waals surface area (Å²) in [5.74, 6) is 1.10. The van der Waals surface area contributed by atoms with E-state index in [9.17, 15) is 9.18 Å². The maximum Gasteiger partial charge on any atom is 0.263 e. The normalized spacial score (nSPS) is 11.8. The number of hydrogen-bond donors (Lipinski definition) is 2. The Morgan fingerprint density at radius 2 is 2.00 bits per heavy atom. The van der Waals surface area contributed by atoms with E-state index in [4.69, 9.17) is 0 Å². The highest BCUT2D eigenvalue weighted by Gasteiger charge is 2.19. The Morgan fingerprint density at radius 1 is 1.27 bits per heavy atom. The van der Waals surface area contributed by atoms with E-state index in [1.807, 2.05) is 20.8 Å². The third-order valence-electron chi connectivity index (χ3n) is 3.77. The first-order valence-electron chi connectivity index (χ1n) is 8.45. The Hall–Kier alpha value is -2.35. The standard InChI is InChI=1S/C18H22FN5OS/c1-18(2,3)24-15-14(11-21-24)16(25)23-17(22-15)20-9-4-10-26-13-7-5-12(19)6-8-13/h5-8,11H,4,9-10H2,1-3H3,(H2,20,22,23,25). The van der Waals surface area contributed by atoms with Gasteiger partial charge in [0.25, 0.3) is 5.56 Å². The molecule has 3 aromatic rings. The monoisotopic (exact) mass is 375 g/mol. The predicted octanol–water partition coefficient (Wildman–Crippen LogP) is 3.61. The zero-order valence-electron chi connectivity index (χ0n) is 15.0. The third kappa shape index (κ3) is 4.24. The summed E-state index contributed by atoms with van der Waals surface area (Å²) < 4.78 is 14.6. The molecule has 0 amide bonds. The summed E-state index contributed by atoms with van der Waals surface area (Å²) in [5.41, 5.74) is 0.115. The molecule has 0 aliphatic carbocycles. The smallest absolute Gasteiger partial charge is 0.263 e. The van der Waals surface area contributed by atoms with E-state index in [-0.39, 0.29) is 16.9 Å². The first-order valence-corrected chi connectivity index (χ1v) is 9.44. The molecule has 0 spiro atoms. The zero-order chi connectivity index (χ0) is 18.7. The molecule has 0 atom stereocenters. The lowest BCUT2D eigenvalue weighted by Crippen LogP contribution is -2.24. The Bertz CT molecular complexity index is 943. The third-order valence-corrected chi connectivity index (χ3v) is 4.87. The lowest BCUT2D eigenvalue weighted by Gasteiger charge is -2.19. The molecule has 0 bridgehead atoms. The van der Waals surface area contributed by atoms with Gasteiger partial charge < -0.3 is 5.32 Å². The van der Waals surface area contributed by atoms with Crippen LogP contribution in [0.3, 0.4) is 0 Å². The number of halogens is 1. The van der Waals surface area contributed by atoms with Crippen LogP contribution in [0.2, 0.25) is 0 Å². The van der Waals surface area contributed by atoms with Crippen LogP contribution in [0.5, 0.6) is 0 Å². The SMILES string of the molecule is CC(C)(C)n1ncc2c(=O)[nH]c(NCCCSc3ccc(F)cc3)nc21. The van der Waals surface area contributed by atoms with Gasteiger partial charge in [0, 0.05) is 11.4 Å². The molecule has 0 fully saturated rings. The number of thioether (sulfide) groups is 1. The minimum Gasteiger partial charge on any atom is -0.356 e. The van der Waals surface area contributed by atoms with Gasteiger partial charge in [0.15, 0.2) is 5.65 Å². The van der Waals surface area contributed by atoms with E-state index in [2.05, 4.69) is 20.4 Å². The topological polar surface area (TPSA) is 75.6 Å². The molecule has 8 heteroatoms. The minimum atomic E-state index is -0.258. The molecule has 1 aromatic carbocycles. The molecule has 2 N–H and O–H groups in total. The van der Waals surface area contributed by atoms with Crippen molar-refractivity contribution in [2.24, 2.45) is 0 Å². The van der Waals surface area contributed by atoms with Crippen LogP contribution in [0.1, 0.15) is 27.2 Å². The molecule has 0 aliphatic rings. The van der Waals surface area contributed by atoms with E-state index < -0.39 is 0 Å². The number of nitrogens with one attached hydrogen (secondary N) is 2.